The molecule has 0 spiro atoms. The average Bonchev–Trinajstić information content (AvgIpc) is 3.37. The SMILES string of the molecule is COc1cc(C=Nn2c(C(C)(C)C)nc3ccc(Br)cc3c2=O)c(Br)c(Br)c1OCc1ccc2c(c1)OCO2. The number of benzene rings is 3. The second-order valence-corrected chi connectivity index (χ2v) is 12.3. The van der Waals surface area contributed by atoms with Gasteiger partial charge in [-0.15, -0.1) is 0 Å². The fourth-order valence-electron chi connectivity index (χ4n) is 4.03. The topological polar surface area (TPSA) is 84.2 Å². The number of halogens is 3. The van der Waals surface area contributed by atoms with Gasteiger partial charge >= 0.3 is 0 Å². The van der Waals surface area contributed by atoms with Crippen LogP contribution in [0.5, 0.6) is 23.0 Å². The van der Waals surface area contributed by atoms with Crippen LogP contribution in [0.1, 0.15) is 37.7 Å². The molecule has 4 aromatic rings. The van der Waals surface area contributed by atoms with E-state index in [1.165, 1.54) is 4.68 Å². The van der Waals surface area contributed by atoms with Gasteiger partial charge in [0.2, 0.25) is 6.79 Å². The summed E-state index contributed by atoms with van der Waals surface area (Å²) in [6.45, 7) is 6.48. The van der Waals surface area contributed by atoms with Crippen molar-refractivity contribution in [1.82, 2.24) is 9.66 Å². The molecule has 11 heteroatoms. The summed E-state index contributed by atoms with van der Waals surface area (Å²) in [5.41, 5.74) is 1.52. The molecule has 1 aliphatic heterocycles. The molecule has 2 heterocycles. The minimum atomic E-state index is -0.431. The van der Waals surface area contributed by atoms with Crippen LogP contribution in [0.4, 0.5) is 0 Å². The highest BCUT2D eigenvalue weighted by atomic mass is 79.9. The van der Waals surface area contributed by atoms with Gasteiger partial charge in [0.05, 0.1) is 28.7 Å². The van der Waals surface area contributed by atoms with Crippen molar-refractivity contribution in [2.24, 2.45) is 5.10 Å². The van der Waals surface area contributed by atoms with Crippen molar-refractivity contribution in [3.05, 3.63) is 83.2 Å². The van der Waals surface area contributed by atoms with Crippen molar-refractivity contribution in [2.45, 2.75) is 32.8 Å². The molecular formula is C28H24Br3N3O5. The van der Waals surface area contributed by atoms with Gasteiger partial charge in [-0.1, -0.05) is 42.8 Å². The highest BCUT2D eigenvalue weighted by Gasteiger charge is 2.23. The summed E-state index contributed by atoms with van der Waals surface area (Å²) >= 11 is 10.7. The van der Waals surface area contributed by atoms with Crippen LogP contribution in [0.2, 0.25) is 0 Å². The van der Waals surface area contributed by atoms with Crippen LogP contribution in [0, 0.1) is 0 Å². The minimum absolute atomic E-state index is 0.213. The molecule has 0 aliphatic carbocycles. The van der Waals surface area contributed by atoms with Crippen LogP contribution < -0.4 is 24.5 Å². The number of methoxy groups -OCH3 is 1. The number of hydrogen-bond acceptors (Lipinski definition) is 7. The van der Waals surface area contributed by atoms with Crippen LogP contribution in [0.3, 0.4) is 0 Å². The van der Waals surface area contributed by atoms with Crippen LogP contribution >= 0.6 is 47.8 Å². The highest BCUT2D eigenvalue weighted by Crippen LogP contribution is 2.43. The van der Waals surface area contributed by atoms with Gasteiger partial charge in [0, 0.05) is 19.9 Å². The normalized spacial score (nSPS) is 12.9. The van der Waals surface area contributed by atoms with Crippen molar-refractivity contribution in [3.8, 4) is 23.0 Å². The van der Waals surface area contributed by atoms with E-state index in [1.807, 2.05) is 51.1 Å². The lowest BCUT2D eigenvalue weighted by atomic mass is 9.95. The van der Waals surface area contributed by atoms with E-state index in [9.17, 15) is 4.79 Å². The molecule has 0 fully saturated rings. The van der Waals surface area contributed by atoms with Gasteiger partial charge in [0.25, 0.3) is 5.56 Å². The predicted octanol–water partition coefficient (Wildman–Crippen LogP) is 7.18. The molecule has 8 nitrogen and oxygen atoms in total. The first-order chi connectivity index (χ1) is 18.6. The van der Waals surface area contributed by atoms with Gasteiger partial charge in [0.15, 0.2) is 23.0 Å². The number of aromatic nitrogens is 2. The average molecular weight is 722 g/mol. The van der Waals surface area contributed by atoms with Crippen LogP contribution in [0.25, 0.3) is 10.9 Å². The molecule has 0 radical (unpaired) electrons. The van der Waals surface area contributed by atoms with Crippen molar-refractivity contribution in [1.29, 1.82) is 0 Å². The zero-order valence-corrected chi connectivity index (χ0v) is 26.3. The van der Waals surface area contributed by atoms with Crippen LogP contribution in [-0.2, 0) is 12.0 Å². The molecule has 1 aliphatic rings. The molecule has 1 aromatic heterocycles. The van der Waals surface area contributed by atoms with E-state index in [2.05, 4.69) is 52.9 Å². The maximum Gasteiger partial charge on any atom is 0.282 e. The first kappa shape index (κ1) is 27.7. The number of hydrogen-bond donors (Lipinski definition) is 0. The van der Waals surface area contributed by atoms with Crippen LogP contribution in [0.15, 0.2) is 65.8 Å². The molecule has 5 rings (SSSR count). The van der Waals surface area contributed by atoms with E-state index in [1.54, 1.807) is 25.5 Å². The van der Waals surface area contributed by atoms with Gasteiger partial charge in [-0.2, -0.15) is 9.78 Å². The Morgan fingerprint density at radius 3 is 2.56 bits per heavy atom. The van der Waals surface area contributed by atoms with E-state index in [0.717, 1.165) is 10.0 Å². The molecule has 0 N–H and O–H groups in total. The summed E-state index contributed by atoms with van der Waals surface area (Å²) < 4.78 is 26.1. The quantitative estimate of drug-likeness (QED) is 0.196. The zero-order chi connectivity index (χ0) is 27.9. The third-order valence-electron chi connectivity index (χ3n) is 5.99. The fraction of sp³-hybridized carbons (Fsp3) is 0.250. The molecule has 0 bridgehead atoms. The first-order valence-corrected chi connectivity index (χ1v) is 14.3. The van der Waals surface area contributed by atoms with E-state index in [4.69, 9.17) is 23.9 Å². The smallest absolute Gasteiger partial charge is 0.282 e. The number of nitrogens with zero attached hydrogens (tertiary/aromatic N) is 3. The molecule has 0 amide bonds. The van der Waals surface area contributed by atoms with Gasteiger partial charge in [0.1, 0.15) is 12.4 Å². The molecule has 0 saturated heterocycles. The Morgan fingerprint density at radius 2 is 1.82 bits per heavy atom. The van der Waals surface area contributed by atoms with E-state index >= 15 is 0 Å². The first-order valence-electron chi connectivity index (χ1n) is 11.9. The third-order valence-corrected chi connectivity index (χ3v) is 8.62. The molecule has 202 valence electrons. The lowest BCUT2D eigenvalue weighted by molar-refractivity contribution is 0.174. The van der Waals surface area contributed by atoms with Crippen LogP contribution in [-0.4, -0.2) is 29.8 Å². The second kappa shape index (κ2) is 10.9. The lowest BCUT2D eigenvalue weighted by Crippen LogP contribution is -2.29. The Labute approximate surface area is 250 Å². The van der Waals surface area contributed by atoms with Gasteiger partial charge in [-0.3, -0.25) is 4.79 Å². The summed E-state index contributed by atoms with van der Waals surface area (Å²) in [5, 5.41) is 5.06. The minimum Gasteiger partial charge on any atom is -0.493 e. The monoisotopic (exact) mass is 719 g/mol. The predicted molar refractivity (Wildman–Crippen MR) is 161 cm³/mol. The summed E-state index contributed by atoms with van der Waals surface area (Å²) in [7, 11) is 1.57. The van der Waals surface area contributed by atoms with E-state index < -0.39 is 5.41 Å². The summed E-state index contributed by atoms with van der Waals surface area (Å²) in [4.78, 5) is 18.3. The lowest BCUT2D eigenvalue weighted by Gasteiger charge is -2.21. The third kappa shape index (κ3) is 5.57. The summed E-state index contributed by atoms with van der Waals surface area (Å²) in [6.07, 6.45) is 1.60. The molecular weight excluding hydrogens is 698 g/mol. The Hall–Kier alpha value is -2.89. The summed E-state index contributed by atoms with van der Waals surface area (Å²) in [6, 6.07) is 12.9. The molecule has 0 unspecified atom stereocenters. The molecule has 0 saturated carbocycles. The van der Waals surface area contributed by atoms with E-state index in [0.29, 0.717) is 54.2 Å². The molecule has 3 aromatic carbocycles. The maximum atomic E-state index is 13.5. The zero-order valence-electron chi connectivity index (χ0n) is 21.5. The van der Waals surface area contributed by atoms with Gasteiger partial charge < -0.3 is 18.9 Å². The van der Waals surface area contributed by atoms with Crippen molar-refractivity contribution < 1.29 is 18.9 Å². The fourth-order valence-corrected chi connectivity index (χ4v) is 5.33. The van der Waals surface area contributed by atoms with Crippen molar-refractivity contribution in [2.75, 3.05) is 13.9 Å². The van der Waals surface area contributed by atoms with E-state index in [-0.39, 0.29) is 19.0 Å². The standard InChI is InChI=1S/C28H24Br3N3O5/c1-28(2,3)27-33-19-7-6-17(29)11-18(19)26(35)34(27)32-12-16-10-22(36-4)25(24(31)23(16)30)37-13-15-5-8-20-21(9-15)39-14-38-20/h5-12H,13-14H2,1-4H3. The number of ether oxygens (including phenoxy) is 4. The van der Waals surface area contributed by atoms with Crippen molar-refractivity contribution >= 4 is 64.9 Å². The largest absolute Gasteiger partial charge is 0.493 e. The maximum absolute atomic E-state index is 13.5. The highest BCUT2D eigenvalue weighted by molar-refractivity contribution is 9.13. The Balaban J connectivity index is 1.51. The number of rotatable bonds is 6. The number of fused-ring (bicyclic) bond motifs is 2. The summed E-state index contributed by atoms with van der Waals surface area (Å²) in [5.74, 6) is 2.96. The second-order valence-electron chi connectivity index (χ2n) is 9.81. The Bertz CT molecular complexity index is 1680. The molecule has 0 atom stereocenters. The van der Waals surface area contributed by atoms with Crippen molar-refractivity contribution in [3.63, 3.8) is 0 Å². The molecule has 39 heavy (non-hydrogen) atoms. The Morgan fingerprint density at radius 1 is 1.05 bits per heavy atom. The van der Waals surface area contributed by atoms with Gasteiger partial charge in [-0.25, -0.2) is 4.98 Å². The Kier molecular flexibility index (Phi) is 7.76. The van der Waals surface area contributed by atoms with Gasteiger partial charge in [-0.05, 0) is 73.8 Å².